The van der Waals surface area contributed by atoms with Crippen LogP contribution < -0.4 is 4.90 Å². The number of carbonyl (C=O) groups is 2. The lowest BCUT2D eigenvalue weighted by atomic mass is 9.97. The number of likely N-dealkylation sites (tertiary alicyclic amines) is 1. The number of nitrogens with zero attached hydrogens (tertiary/aromatic N) is 4. The number of esters is 1. The zero-order valence-corrected chi connectivity index (χ0v) is 23.2. The Morgan fingerprint density at radius 2 is 1.84 bits per heavy atom. The van der Waals surface area contributed by atoms with Crippen LogP contribution in [-0.4, -0.2) is 60.0 Å². The van der Waals surface area contributed by atoms with E-state index in [9.17, 15) is 9.59 Å². The maximum atomic E-state index is 13.1. The summed E-state index contributed by atoms with van der Waals surface area (Å²) >= 11 is 1.59. The minimum atomic E-state index is -0.240. The molecular formula is C30H36N4O3S. The molecule has 1 fully saturated rings. The van der Waals surface area contributed by atoms with Crippen LogP contribution >= 0.6 is 11.8 Å². The molecule has 1 atom stereocenters. The predicted molar refractivity (Wildman–Crippen MR) is 152 cm³/mol. The van der Waals surface area contributed by atoms with Crippen molar-refractivity contribution in [2.24, 2.45) is 5.92 Å². The summed E-state index contributed by atoms with van der Waals surface area (Å²) in [5.41, 5.74) is 3.69. The molecule has 1 amide bonds. The minimum absolute atomic E-state index is 0.0410. The van der Waals surface area contributed by atoms with Gasteiger partial charge in [0.2, 0.25) is 0 Å². The first-order valence-electron chi connectivity index (χ1n) is 13.3. The molecule has 0 N–H and O–H groups in total. The summed E-state index contributed by atoms with van der Waals surface area (Å²) < 4.78 is 5.17. The van der Waals surface area contributed by atoms with E-state index in [4.69, 9.17) is 14.7 Å². The second-order valence-corrected chi connectivity index (χ2v) is 10.5. The Morgan fingerprint density at radius 1 is 1.08 bits per heavy atom. The molecule has 7 nitrogen and oxygen atoms in total. The lowest BCUT2D eigenvalue weighted by Crippen LogP contribution is -2.42. The fraction of sp³-hybridized carbons (Fsp3) is 0.400. The van der Waals surface area contributed by atoms with Crippen LogP contribution in [0.2, 0.25) is 0 Å². The number of piperidine rings is 1. The highest BCUT2D eigenvalue weighted by Crippen LogP contribution is 2.27. The van der Waals surface area contributed by atoms with E-state index in [1.54, 1.807) is 23.6 Å². The van der Waals surface area contributed by atoms with E-state index in [2.05, 4.69) is 31.0 Å². The van der Waals surface area contributed by atoms with E-state index in [-0.39, 0.29) is 17.8 Å². The Bertz CT molecular complexity index is 1220. The average molecular weight is 533 g/mol. The Morgan fingerprint density at radius 3 is 2.55 bits per heavy atom. The van der Waals surface area contributed by atoms with Gasteiger partial charge in [0.1, 0.15) is 5.82 Å². The summed E-state index contributed by atoms with van der Waals surface area (Å²) in [6.07, 6.45) is 2.61. The van der Waals surface area contributed by atoms with Crippen LogP contribution in [-0.2, 0) is 15.3 Å². The van der Waals surface area contributed by atoms with Gasteiger partial charge in [0.25, 0.3) is 5.91 Å². The number of aromatic nitrogens is 2. The smallest absolute Gasteiger partial charge is 0.310 e. The zero-order chi connectivity index (χ0) is 26.9. The number of benzene rings is 2. The van der Waals surface area contributed by atoms with Gasteiger partial charge in [-0.15, -0.1) is 0 Å². The van der Waals surface area contributed by atoms with Gasteiger partial charge < -0.3 is 14.5 Å². The van der Waals surface area contributed by atoms with E-state index < -0.39 is 0 Å². The van der Waals surface area contributed by atoms with Crippen molar-refractivity contribution in [3.63, 3.8) is 0 Å². The Kier molecular flexibility index (Phi) is 9.76. The van der Waals surface area contributed by atoms with Crippen molar-refractivity contribution in [3.8, 4) is 11.3 Å². The highest BCUT2D eigenvalue weighted by molar-refractivity contribution is 7.98. The first kappa shape index (κ1) is 27.6. The number of ether oxygens (including phenoxy) is 1. The molecular weight excluding hydrogens is 496 g/mol. The fourth-order valence-electron chi connectivity index (χ4n) is 4.57. The third-order valence-corrected chi connectivity index (χ3v) is 7.53. The van der Waals surface area contributed by atoms with Crippen LogP contribution in [0.15, 0.2) is 65.8 Å². The maximum absolute atomic E-state index is 13.1. The number of amides is 1. The van der Waals surface area contributed by atoms with Gasteiger partial charge in [-0.2, -0.15) is 0 Å². The van der Waals surface area contributed by atoms with Gasteiger partial charge in [0, 0.05) is 49.6 Å². The summed E-state index contributed by atoms with van der Waals surface area (Å²) in [4.78, 5) is 38.8. The van der Waals surface area contributed by atoms with Crippen molar-refractivity contribution < 1.29 is 14.3 Å². The van der Waals surface area contributed by atoms with Crippen LogP contribution in [0, 0.1) is 5.92 Å². The van der Waals surface area contributed by atoms with Gasteiger partial charge in [0.15, 0.2) is 5.16 Å². The van der Waals surface area contributed by atoms with E-state index >= 15 is 0 Å². The topological polar surface area (TPSA) is 75.6 Å². The lowest BCUT2D eigenvalue weighted by Gasteiger charge is -2.31. The molecule has 0 aliphatic carbocycles. The molecule has 3 aromatic rings. The molecule has 0 unspecified atom stereocenters. The second-order valence-electron chi connectivity index (χ2n) is 9.51. The molecule has 1 aliphatic rings. The predicted octanol–water partition coefficient (Wildman–Crippen LogP) is 5.70. The molecule has 200 valence electrons. The third kappa shape index (κ3) is 7.13. The van der Waals surface area contributed by atoms with Gasteiger partial charge in [-0.3, -0.25) is 9.59 Å². The third-order valence-electron chi connectivity index (χ3n) is 6.61. The van der Waals surface area contributed by atoms with E-state index in [0.29, 0.717) is 31.0 Å². The summed E-state index contributed by atoms with van der Waals surface area (Å²) in [6, 6.07) is 19.9. The average Bonchev–Trinajstić information content (AvgIpc) is 2.96. The summed E-state index contributed by atoms with van der Waals surface area (Å²) in [6.45, 7) is 6.32. The molecule has 38 heavy (non-hydrogen) atoms. The molecule has 1 aromatic heterocycles. The highest BCUT2D eigenvalue weighted by atomic mass is 32.2. The maximum Gasteiger partial charge on any atom is 0.310 e. The molecule has 1 aliphatic heterocycles. The van der Waals surface area contributed by atoms with Crippen molar-refractivity contribution in [2.45, 2.75) is 44.0 Å². The molecule has 2 aromatic carbocycles. The molecule has 1 saturated heterocycles. The van der Waals surface area contributed by atoms with Crippen molar-refractivity contribution in [1.82, 2.24) is 14.9 Å². The van der Waals surface area contributed by atoms with Crippen LogP contribution in [0.3, 0.4) is 0 Å². The molecule has 4 rings (SSSR count). The van der Waals surface area contributed by atoms with Gasteiger partial charge >= 0.3 is 5.97 Å². The van der Waals surface area contributed by atoms with Crippen LogP contribution in [0.5, 0.6) is 0 Å². The monoisotopic (exact) mass is 532 g/mol. The number of rotatable bonds is 10. The van der Waals surface area contributed by atoms with Gasteiger partial charge in [0.05, 0.1) is 18.2 Å². The van der Waals surface area contributed by atoms with Crippen molar-refractivity contribution in [2.75, 3.05) is 38.2 Å². The first-order chi connectivity index (χ1) is 18.5. The van der Waals surface area contributed by atoms with Crippen LogP contribution in [0.25, 0.3) is 11.3 Å². The Hall–Kier alpha value is -3.39. The van der Waals surface area contributed by atoms with Gasteiger partial charge in [-0.1, -0.05) is 61.2 Å². The SMILES string of the molecule is CCCN(C)c1cc(-c2ccccc2)nc(SCc2ccc(C(=O)N3CCC[C@@H](C(=O)OCC)C3)cc2)n1. The van der Waals surface area contributed by atoms with Crippen LogP contribution in [0.1, 0.15) is 49.0 Å². The van der Waals surface area contributed by atoms with Crippen LogP contribution in [0.4, 0.5) is 5.82 Å². The quantitative estimate of drug-likeness (QED) is 0.188. The molecule has 0 bridgehead atoms. The standard InChI is InChI=1S/C30H36N4O3S/c1-4-17-33(3)27-19-26(23-10-7-6-8-11-23)31-30(32-27)38-21-22-13-15-24(16-14-22)28(35)34-18-9-12-25(20-34)29(36)37-5-2/h6-8,10-11,13-16,19,25H,4-5,9,12,17-18,20-21H2,1-3H3/t25-/m1/s1. The van der Waals surface area contributed by atoms with Gasteiger partial charge in [-0.25, -0.2) is 9.97 Å². The number of anilines is 1. The summed E-state index contributed by atoms with van der Waals surface area (Å²) in [7, 11) is 2.06. The van der Waals surface area contributed by atoms with Crippen molar-refractivity contribution in [3.05, 3.63) is 71.8 Å². The van der Waals surface area contributed by atoms with E-state index in [0.717, 1.165) is 53.6 Å². The van der Waals surface area contributed by atoms with Crippen molar-refractivity contribution >= 4 is 29.5 Å². The summed E-state index contributed by atoms with van der Waals surface area (Å²) in [5, 5.41) is 0.725. The molecule has 0 saturated carbocycles. The largest absolute Gasteiger partial charge is 0.466 e. The molecule has 2 heterocycles. The molecule has 0 spiro atoms. The number of thioether (sulfide) groups is 1. The molecule has 8 heteroatoms. The zero-order valence-electron chi connectivity index (χ0n) is 22.4. The Labute approximate surface area is 229 Å². The van der Waals surface area contributed by atoms with Crippen molar-refractivity contribution in [1.29, 1.82) is 0 Å². The second kappa shape index (κ2) is 13.4. The van der Waals surface area contributed by atoms with E-state index in [1.165, 1.54) is 0 Å². The molecule has 0 radical (unpaired) electrons. The fourth-order valence-corrected chi connectivity index (χ4v) is 5.38. The first-order valence-corrected chi connectivity index (χ1v) is 14.3. The van der Waals surface area contributed by atoms with E-state index in [1.807, 2.05) is 48.5 Å². The number of hydrogen-bond donors (Lipinski definition) is 0. The Balaban J connectivity index is 1.43. The number of carbonyl (C=O) groups excluding carboxylic acids is 2. The number of hydrogen-bond acceptors (Lipinski definition) is 7. The minimum Gasteiger partial charge on any atom is -0.466 e. The summed E-state index contributed by atoms with van der Waals surface area (Å²) in [5.74, 6) is 1.11. The lowest BCUT2D eigenvalue weighted by molar-refractivity contribution is -0.149. The normalized spacial score (nSPS) is 15.2. The van der Waals surface area contributed by atoms with Gasteiger partial charge in [-0.05, 0) is 43.9 Å². The highest BCUT2D eigenvalue weighted by Gasteiger charge is 2.29.